The highest BCUT2D eigenvalue weighted by Crippen LogP contribution is 2.45. The van der Waals surface area contributed by atoms with Gasteiger partial charge in [-0.3, -0.25) is 14.5 Å². The van der Waals surface area contributed by atoms with Gasteiger partial charge in [-0.05, 0) is 53.0 Å². The van der Waals surface area contributed by atoms with E-state index >= 15 is 0 Å². The molecule has 0 bridgehead atoms. The smallest absolute Gasteiger partial charge is 0.263 e. The van der Waals surface area contributed by atoms with Gasteiger partial charge < -0.3 is 0 Å². The maximum absolute atomic E-state index is 13.5. The summed E-state index contributed by atoms with van der Waals surface area (Å²) >= 11 is 0. The van der Waals surface area contributed by atoms with Crippen LogP contribution in [0.5, 0.6) is 0 Å². The predicted octanol–water partition coefficient (Wildman–Crippen LogP) is 5.23. The number of hydrogen-bond acceptors (Lipinski definition) is 2. The van der Waals surface area contributed by atoms with Gasteiger partial charge in [-0.15, -0.1) is 0 Å². The Bertz CT molecular complexity index is 1230. The fourth-order valence-electron chi connectivity index (χ4n) is 4.08. The number of ketones is 1. The molecular weight excluding hydrogens is 370 g/mol. The lowest BCUT2D eigenvalue weighted by molar-refractivity contribution is -0.120. The van der Waals surface area contributed by atoms with Crippen LogP contribution in [0.2, 0.25) is 0 Å². The van der Waals surface area contributed by atoms with Gasteiger partial charge in [0, 0.05) is 11.8 Å². The molecule has 2 aromatic carbocycles. The molecule has 3 heteroatoms. The molecular formula is C27H19NO2. The molecule has 0 aromatic heterocycles. The standard InChI is InChI=1S/C27H19NO2/c1-18-17-28-24(16-23(18)19-12-14-22(29)15-13-19)25(20-8-4-2-5-9-20)26(27(28)30)21-10-6-3-7-11-21/h2-17H,1H3. The Balaban J connectivity index is 1.76. The largest absolute Gasteiger partial charge is 0.290 e. The Labute approximate surface area is 175 Å². The van der Waals surface area contributed by atoms with Crippen LogP contribution >= 0.6 is 0 Å². The molecule has 0 atom stereocenters. The second-order valence-corrected chi connectivity index (χ2v) is 7.44. The SMILES string of the molecule is CC1=CN2C(=O)C(c3ccccc3)=C(c3ccccc3)C2=CC1=C1C=CC(=O)C=C1. The number of benzene rings is 2. The third-order valence-corrected chi connectivity index (χ3v) is 5.52. The highest BCUT2D eigenvalue weighted by molar-refractivity contribution is 6.34. The van der Waals surface area contributed by atoms with Gasteiger partial charge in [0.15, 0.2) is 5.78 Å². The molecule has 1 amide bonds. The summed E-state index contributed by atoms with van der Waals surface area (Å²) in [4.78, 5) is 26.8. The molecule has 3 nitrogen and oxygen atoms in total. The summed E-state index contributed by atoms with van der Waals surface area (Å²) in [7, 11) is 0. The zero-order valence-electron chi connectivity index (χ0n) is 16.5. The summed E-state index contributed by atoms with van der Waals surface area (Å²) in [6.07, 6.45) is 10.8. The molecule has 0 unspecified atom stereocenters. The van der Waals surface area contributed by atoms with Gasteiger partial charge >= 0.3 is 0 Å². The molecule has 30 heavy (non-hydrogen) atoms. The number of hydrogen-bond donors (Lipinski definition) is 0. The summed E-state index contributed by atoms with van der Waals surface area (Å²) in [5.41, 5.74) is 7.34. The normalized spacial score (nSPS) is 18.1. The van der Waals surface area contributed by atoms with E-state index in [1.807, 2.05) is 85.9 Å². The monoisotopic (exact) mass is 389 g/mol. The molecule has 3 aliphatic rings. The molecule has 0 radical (unpaired) electrons. The minimum Gasteiger partial charge on any atom is -0.290 e. The number of amides is 1. The summed E-state index contributed by atoms with van der Waals surface area (Å²) in [5, 5.41) is 0. The van der Waals surface area contributed by atoms with Gasteiger partial charge in [-0.2, -0.15) is 0 Å². The third kappa shape index (κ3) is 2.92. The molecule has 2 heterocycles. The van der Waals surface area contributed by atoms with Gasteiger partial charge in [-0.25, -0.2) is 0 Å². The van der Waals surface area contributed by atoms with E-state index in [4.69, 9.17) is 0 Å². The lowest BCUT2D eigenvalue weighted by atomic mass is 9.91. The number of carbonyl (C=O) groups is 2. The number of carbonyl (C=O) groups excluding carboxylic acids is 2. The highest BCUT2D eigenvalue weighted by atomic mass is 16.2. The van der Waals surface area contributed by atoms with Crippen molar-refractivity contribution in [2.75, 3.05) is 0 Å². The van der Waals surface area contributed by atoms with Crippen LogP contribution in [0.3, 0.4) is 0 Å². The average molecular weight is 389 g/mol. The van der Waals surface area contributed by atoms with Crippen molar-refractivity contribution < 1.29 is 9.59 Å². The lowest BCUT2D eigenvalue weighted by Gasteiger charge is -2.24. The first-order chi connectivity index (χ1) is 14.6. The van der Waals surface area contributed by atoms with E-state index < -0.39 is 0 Å². The van der Waals surface area contributed by atoms with Crippen LogP contribution in [0.4, 0.5) is 0 Å². The predicted molar refractivity (Wildman–Crippen MR) is 119 cm³/mol. The summed E-state index contributed by atoms with van der Waals surface area (Å²) in [5.74, 6) is -0.0436. The maximum Gasteiger partial charge on any atom is 0.263 e. The fourth-order valence-corrected chi connectivity index (χ4v) is 4.08. The first-order valence-corrected chi connectivity index (χ1v) is 9.87. The quantitative estimate of drug-likeness (QED) is 0.705. The van der Waals surface area contributed by atoms with Crippen molar-refractivity contribution in [2.24, 2.45) is 0 Å². The second-order valence-electron chi connectivity index (χ2n) is 7.44. The molecule has 144 valence electrons. The fraction of sp³-hybridized carbons (Fsp3) is 0.0370. The second kappa shape index (κ2) is 7.12. The Morgan fingerprint density at radius 1 is 0.700 bits per heavy atom. The van der Waals surface area contributed by atoms with E-state index in [1.54, 1.807) is 17.1 Å². The van der Waals surface area contributed by atoms with Crippen molar-refractivity contribution >= 4 is 22.8 Å². The third-order valence-electron chi connectivity index (χ3n) is 5.52. The number of rotatable bonds is 2. The van der Waals surface area contributed by atoms with Crippen LogP contribution < -0.4 is 0 Å². The Kier molecular flexibility index (Phi) is 4.29. The van der Waals surface area contributed by atoms with Crippen molar-refractivity contribution in [2.45, 2.75) is 6.92 Å². The van der Waals surface area contributed by atoms with Crippen molar-refractivity contribution in [1.82, 2.24) is 4.90 Å². The minimum atomic E-state index is -0.0281. The maximum atomic E-state index is 13.5. The summed E-state index contributed by atoms with van der Waals surface area (Å²) in [6.45, 7) is 1.99. The van der Waals surface area contributed by atoms with Gasteiger partial charge in [0.25, 0.3) is 5.91 Å². The molecule has 0 saturated heterocycles. The Hall–Kier alpha value is -3.98. The van der Waals surface area contributed by atoms with Crippen molar-refractivity contribution in [1.29, 1.82) is 0 Å². The zero-order chi connectivity index (χ0) is 20.7. The van der Waals surface area contributed by atoms with E-state index in [9.17, 15) is 9.59 Å². The average Bonchev–Trinajstić information content (AvgIpc) is 3.06. The van der Waals surface area contributed by atoms with E-state index in [0.717, 1.165) is 39.1 Å². The first-order valence-electron chi connectivity index (χ1n) is 9.87. The van der Waals surface area contributed by atoms with Gasteiger partial charge in [-0.1, -0.05) is 72.8 Å². The summed E-state index contributed by atoms with van der Waals surface area (Å²) < 4.78 is 0. The molecule has 0 N–H and O–H groups in total. The van der Waals surface area contributed by atoms with Gasteiger partial charge in [0.2, 0.25) is 0 Å². The topological polar surface area (TPSA) is 37.4 Å². The van der Waals surface area contributed by atoms with Crippen LogP contribution in [0.15, 0.2) is 120 Å². The minimum absolute atomic E-state index is 0.0154. The van der Waals surface area contributed by atoms with E-state index in [1.165, 1.54) is 0 Å². The number of allylic oxidation sites excluding steroid dienone is 9. The van der Waals surface area contributed by atoms with Crippen molar-refractivity contribution in [3.63, 3.8) is 0 Å². The molecule has 0 saturated carbocycles. The molecule has 0 spiro atoms. The summed E-state index contributed by atoms with van der Waals surface area (Å²) in [6, 6.07) is 19.8. The molecule has 0 fully saturated rings. The van der Waals surface area contributed by atoms with Gasteiger partial charge in [0.05, 0.1) is 11.3 Å². The highest BCUT2D eigenvalue weighted by Gasteiger charge is 2.37. The Morgan fingerprint density at radius 3 is 1.87 bits per heavy atom. The van der Waals surface area contributed by atoms with Crippen LogP contribution in [-0.2, 0) is 9.59 Å². The van der Waals surface area contributed by atoms with Gasteiger partial charge in [0.1, 0.15) is 0 Å². The molecule has 5 rings (SSSR count). The van der Waals surface area contributed by atoms with Crippen LogP contribution in [0.25, 0.3) is 11.1 Å². The first kappa shape index (κ1) is 18.1. The lowest BCUT2D eigenvalue weighted by Crippen LogP contribution is -2.22. The van der Waals surface area contributed by atoms with E-state index in [2.05, 4.69) is 6.08 Å². The number of nitrogens with zero attached hydrogens (tertiary/aromatic N) is 1. The van der Waals surface area contributed by atoms with Crippen molar-refractivity contribution in [3.8, 4) is 0 Å². The van der Waals surface area contributed by atoms with E-state index in [0.29, 0.717) is 5.57 Å². The Morgan fingerprint density at radius 2 is 1.27 bits per heavy atom. The molecule has 2 aliphatic heterocycles. The van der Waals surface area contributed by atoms with Crippen LogP contribution in [0.1, 0.15) is 18.1 Å². The molecule has 2 aromatic rings. The zero-order valence-corrected chi connectivity index (χ0v) is 16.5. The van der Waals surface area contributed by atoms with Crippen LogP contribution in [-0.4, -0.2) is 16.6 Å². The van der Waals surface area contributed by atoms with Crippen molar-refractivity contribution in [3.05, 3.63) is 131 Å². The number of fused-ring (bicyclic) bond motifs is 1. The van der Waals surface area contributed by atoms with E-state index in [-0.39, 0.29) is 11.7 Å². The molecule has 1 aliphatic carbocycles. The van der Waals surface area contributed by atoms with Crippen LogP contribution in [0, 0.1) is 0 Å².